The molecule has 0 saturated carbocycles. The molecule has 1 amide bonds. The van der Waals surface area contributed by atoms with Gasteiger partial charge in [-0.3, -0.25) is 4.79 Å². The topological polar surface area (TPSA) is 80.0 Å². The lowest BCUT2D eigenvalue weighted by Gasteiger charge is -2.23. The summed E-state index contributed by atoms with van der Waals surface area (Å²) in [7, 11) is 0. The van der Waals surface area contributed by atoms with Crippen LogP contribution in [0.15, 0.2) is 61.2 Å². The fourth-order valence-electron chi connectivity index (χ4n) is 2.52. The molecule has 2 N–H and O–H groups in total. The summed E-state index contributed by atoms with van der Waals surface area (Å²) in [6, 6.07) is 13.2. The average Bonchev–Trinajstić information content (AvgIpc) is 3.09. The maximum absolute atomic E-state index is 14.2. The van der Waals surface area contributed by atoms with Crippen LogP contribution in [0.4, 0.5) is 10.1 Å². The van der Waals surface area contributed by atoms with Crippen molar-refractivity contribution in [3.63, 3.8) is 0 Å². The number of carbonyl (C=O) groups is 1. The van der Waals surface area contributed by atoms with Crippen LogP contribution >= 0.6 is 0 Å². The first-order valence-electron chi connectivity index (χ1n) is 7.68. The van der Waals surface area contributed by atoms with Crippen LogP contribution in [0.3, 0.4) is 0 Å². The number of halogens is 1. The summed E-state index contributed by atoms with van der Waals surface area (Å²) in [6.07, 6.45) is 2.54. The van der Waals surface area contributed by atoms with E-state index in [4.69, 9.17) is 0 Å². The Morgan fingerprint density at radius 2 is 2.04 bits per heavy atom. The van der Waals surface area contributed by atoms with Crippen LogP contribution in [-0.2, 0) is 10.4 Å². The molecule has 1 atom stereocenters. The smallest absolute Gasteiger partial charge is 0.227 e. The first-order chi connectivity index (χ1) is 12.0. The second kappa shape index (κ2) is 6.82. The molecular weight excluding hydrogens is 323 g/mol. The predicted octanol–water partition coefficient (Wildman–Crippen LogP) is 2.64. The number of nitrogens with one attached hydrogen (secondary N) is 1. The van der Waals surface area contributed by atoms with E-state index in [2.05, 4.69) is 15.4 Å². The van der Waals surface area contributed by atoms with Gasteiger partial charge in [-0.25, -0.2) is 14.1 Å². The molecule has 6 nitrogen and oxygen atoms in total. The largest absolute Gasteiger partial charge is 0.385 e. The molecule has 0 spiro atoms. The summed E-state index contributed by atoms with van der Waals surface area (Å²) < 4.78 is 15.5. The van der Waals surface area contributed by atoms with Crippen LogP contribution in [0.2, 0.25) is 0 Å². The molecule has 1 heterocycles. The molecular formula is C18H17FN4O2. The number of amides is 1. The fourth-order valence-corrected chi connectivity index (χ4v) is 2.52. The van der Waals surface area contributed by atoms with E-state index >= 15 is 0 Å². The molecule has 3 rings (SSSR count). The zero-order valence-corrected chi connectivity index (χ0v) is 13.6. The van der Waals surface area contributed by atoms with Crippen molar-refractivity contribution in [1.82, 2.24) is 14.8 Å². The minimum Gasteiger partial charge on any atom is -0.385 e. The van der Waals surface area contributed by atoms with E-state index in [1.807, 2.05) is 6.07 Å². The molecule has 128 valence electrons. The number of aliphatic hydroxyl groups is 1. The van der Waals surface area contributed by atoms with Gasteiger partial charge in [0.05, 0.1) is 12.0 Å². The summed E-state index contributed by atoms with van der Waals surface area (Å²) >= 11 is 0. The minimum absolute atomic E-state index is 0.149. The molecule has 0 fully saturated rings. The maximum atomic E-state index is 14.2. The van der Waals surface area contributed by atoms with Crippen LogP contribution in [0, 0.1) is 5.82 Å². The molecule has 0 radical (unpaired) electrons. The highest BCUT2D eigenvalue weighted by Gasteiger charge is 2.26. The number of hydrogen-bond donors (Lipinski definition) is 2. The van der Waals surface area contributed by atoms with Crippen molar-refractivity contribution in [2.45, 2.75) is 18.9 Å². The van der Waals surface area contributed by atoms with Crippen molar-refractivity contribution in [3.05, 3.63) is 72.6 Å². The lowest BCUT2D eigenvalue weighted by molar-refractivity contribution is -0.120. The summed E-state index contributed by atoms with van der Waals surface area (Å²) in [4.78, 5) is 16.0. The Balaban J connectivity index is 1.70. The van der Waals surface area contributed by atoms with Gasteiger partial charge >= 0.3 is 0 Å². The van der Waals surface area contributed by atoms with Crippen LogP contribution in [0.25, 0.3) is 5.69 Å². The number of carbonyl (C=O) groups excluding carboxylic acids is 1. The first kappa shape index (κ1) is 16.8. The molecule has 1 unspecified atom stereocenters. The molecule has 7 heteroatoms. The summed E-state index contributed by atoms with van der Waals surface area (Å²) in [6.45, 7) is 1.57. The lowest BCUT2D eigenvalue weighted by Crippen LogP contribution is -2.28. The Morgan fingerprint density at radius 1 is 1.28 bits per heavy atom. The van der Waals surface area contributed by atoms with E-state index in [9.17, 15) is 14.3 Å². The quantitative estimate of drug-likeness (QED) is 0.748. The van der Waals surface area contributed by atoms with Crippen LogP contribution in [0.1, 0.15) is 18.9 Å². The highest BCUT2D eigenvalue weighted by Crippen LogP contribution is 2.25. The normalized spacial score (nSPS) is 13.2. The molecule has 0 aliphatic rings. The van der Waals surface area contributed by atoms with Gasteiger partial charge in [-0.05, 0) is 30.7 Å². The Bertz CT molecular complexity index is 864. The number of anilines is 1. The van der Waals surface area contributed by atoms with E-state index in [0.29, 0.717) is 11.3 Å². The lowest BCUT2D eigenvalue weighted by atomic mass is 9.92. The molecule has 3 aromatic rings. The SMILES string of the molecule is CC(O)(CC(=O)Nc1ccc(-n2cncn2)c(F)c1)c1ccccc1. The summed E-state index contributed by atoms with van der Waals surface area (Å²) in [5.74, 6) is -0.958. The molecule has 0 saturated heterocycles. The van der Waals surface area contributed by atoms with E-state index in [-0.39, 0.29) is 12.1 Å². The standard InChI is InChI=1S/C18H17FN4O2/c1-18(25,13-5-3-2-4-6-13)10-17(24)22-14-7-8-16(15(19)9-14)23-12-20-11-21-23/h2-9,11-12,25H,10H2,1H3,(H,22,24). The molecule has 0 bridgehead atoms. The van der Waals surface area contributed by atoms with Gasteiger partial charge in [0.1, 0.15) is 18.3 Å². The fraction of sp³-hybridized carbons (Fsp3) is 0.167. The van der Waals surface area contributed by atoms with Gasteiger partial charge in [0.2, 0.25) is 5.91 Å². The van der Waals surface area contributed by atoms with Gasteiger partial charge in [-0.15, -0.1) is 0 Å². The van der Waals surface area contributed by atoms with Crippen molar-refractivity contribution in [3.8, 4) is 5.69 Å². The van der Waals surface area contributed by atoms with Crippen molar-refractivity contribution in [2.24, 2.45) is 0 Å². The molecule has 1 aromatic heterocycles. The molecule has 25 heavy (non-hydrogen) atoms. The minimum atomic E-state index is -1.31. The van der Waals surface area contributed by atoms with Crippen molar-refractivity contribution in [1.29, 1.82) is 0 Å². The second-order valence-corrected chi connectivity index (χ2v) is 5.87. The predicted molar refractivity (Wildman–Crippen MR) is 90.6 cm³/mol. The average molecular weight is 340 g/mol. The number of nitrogens with zero attached hydrogens (tertiary/aromatic N) is 3. The summed E-state index contributed by atoms with van der Waals surface area (Å²) in [5.41, 5.74) is -0.148. The van der Waals surface area contributed by atoms with Gasteiger partial charge in [-0.2, -0.15) is 5.10 Å². The highest BCUT2D eigenvalue weighted by molar-refractivity contribution is 5.91. The number of aromatic nitrogens is 3. The second-order valence-electron chi connectivity index (χ2n) is 5.87. The maximum Gasteiger partial charge on any atom is 0.227 e. The van der Waals surface area contributed by atoms with Crippen molar-refractivity contribution < 1.29 is 14.3 Å². The van der Waals surface area contributed by atoms with E-state index < -0.39 is 17.3 Å². The third-order valence-electron chi connectivity index (χ3n) is 3.80. The van der Waals surface area contributed by atoms with Crippen LogP contribution in [-0.4, -0.2) is 25.8 Å². The molecule has 0 aliphatic heterocycles. The number of rotatable bonds is 5. The zero-order chi connectivity index (χ0) is 17.9. The van der Waals surface area contributed by atoms with Gasteiger partial charge < -0.3 is 10.4 Å². The zero-order valence-electron chi connectivity index (χ0n) is 13.6. The summed E-state index contributed by atoms with van der Waals surface area (Å²) in [5, 5.41) is 17.0. The van der Waals surface area contributed by atoms with Gasteiger partial charge in [0.25, 0.3) is 0 Å². The van der Waals surface area contributed by atoms with E-state index in [1.54, 1.807) is 37.3 Å². The molecule has 2 aromatic carbocycles. The molecule has 0 aliphatic carbocycles. The number of benzene rings is 2. The van der Waals surface area contributed by atoms with Crippen molar-refractivity contribution >= 4 is 11.6 Å². The van der Waals surface area contributed by atoms with Gasteiger partial charge in [-0.1, -0.05) is 30.3 Å². The van der Waals surface area contributed by atoms with Gasteiger partial charge in [0.15, 0.2) is 5.82 Å². The third-order valence-corrected chi connectivity index (χ3v) is 3.80. The monoisotopic (exact) mass is 340 g/mol. The van der Waals surface area contributed by atoms with Crippen molar-refractivity contribution in [2.75, 3.05) is 5.32 Å². The van der Waals surface area contributed by atoms with E-state index in [1.165, 1.54) is 29.5 Å². The Hall–Kier alpha value is -3.06. The number of hydrogen-bond acceptors (Lipinski definition) is 4. The van der Waals surface area contributed by atoms with Crippen LogP contribution < -0.4 is 5.32 Å². The Kier molecular flexibility index (Phi) is 4.58. The van der Waals surface area contributed by atoms with E-state index in [0.717, 1.165) is 0 Å². The third kappa shape index (κ3) is 3.89. The van der Waals surface area contributed by atoms with Gasteiger partial charge in [0, 0.05) is 5.69 Å². The van der Waals surface area contributed by atoms with Crippen LogP contribution in [0.5, 0.6) is 0 Å². The highest BCUT2D eigenvalue weighted by atomic mass is 19.1. The Labute approximate surface area is 144 Å². The Morgan fingerprint density at radius 3 is 2.68 bits per heavy atom. The first-order valence-corrected chi connectivity index (χ1v) is 7.68.